The third-order valence-electron chi connectivity index (χ3n) is 5.32. The van der Waals surface area contributed by atoms with E-state index in [1.807, 2.05) is 36.4 Å². The van der Waals surface area contributed by atoms with Gasteiger partial charge in [-0.3, -0.25) is 4.79 Å². The highest BCUT2D eigenvalue weighted by Crippen LogP contribution is 2.39. The lowest BCUT2D eigenvalue weighted by Crippen LogP contribution is -2.33. The summed E-state index contributed by atoms with van der Waals surface area (Å²) in [7, 11) is 3.24. The number of hydrogen-bond donors (Lipinski definition) is 0. The monoisotopic (exact) mass is 431 g/mol. The topological polar surface area (TPSA) is 91.1 Å². The van der Waals surface area contributed by atoms with Crippen LogP contribution in [-0.2, 0) is 6.54 Å². The predicted molar refractivity (Wildman–Crippen MR) is 116 cm³/mol. The summed E-state index contributed by atoms with van der Waals surface area (Å²) in [6.07, 6.45) is 3.32. The largest absolute Gasteiger partial charge is 0.497 e. The number of methoxy groups -OCH3 is 2. The Morgan fingerprint density at radius 1 is 1.09 bits per heavy atom. The van der Waals surface area contributed by atoms with Gasteiger partial charge in [0.2, 0.25) is 5.82 Å². The van der Waals surface area contributed by atoms with Crippen LogP contribution in [0.1, 0.15) is 16.2 Å². The minimum Gasteiger partial charge on any atom is -0.497 e. The summed E-state index contributed by atoms with van der Waals surface area (Å²) in [6.45, 7) is 1.07. The molecule has 0 N–H and O–H groups in total. The molecule has 0 radical (unpaired) electrons. The van der Waals surface area contributed by atoms with Crippen molar-refractivity contribution in [3.63, 3.8) is 0 Å². The number of carbonyl (C=O) groups excluding carboxylic acids is 1. The SMILES string of the molecule is COc1cccc(-c2cc3c(c(OC)c2)OCCN(C(=O)c2nc4ncccn4n2)C3)c1. The van der Waals surface area contributed by atoms with Crippen LogP contribution in [0.3, 0.4) is 0 Å². The van der Waals surface area contributed by atoms with E-state index in [0.717, 1.165) is 22.4 Å². The summed E-state index contributed by atoms with van der Waals surface area (Å²) in [5, 5.41) is 4.26. The second-order valence-electron chi connectivity index (χ2n) is 7.27. The summed E-state index contributed by atoms with van der Waals surface area (Å²) in [5.41, 5.74) is 2.75. The van der Waals surface area contributed by atoms with E-state index >= 15 is 0 Å². The van der Waals surface area contributed by atoms with E-state index in [1.54, 1.807) is 37.6 Å². The lowest BCUT2D eigenvalue weighted by Gasteiger charge is -2.18. The minimum atomic E-state index is -0.280. The van der Waals surface area contributed by atoms with Crippen molar-refractivity contribution in [2.75, 3.05) is 27.4 Å². The molecular weight excluding hydrogens is 410 g/mol. The molecule has 0 saturated heterocycles. The lowest BCUT2D eigenvalue weighted by molar-refractivity contribution is 0.0721. The van der Waals surface area contributed by atoms with Crippen LogP contribution >= 0.6 is 0 Å². The van der Waals surface area contributed by atoms with E-state index < -0.39 is 0 Å². The molecule has 9 nitrogen and oxygen atoms in total. The van der Waals surface area contributed by atoms with E-state index in [-0.39, 0.29) is 11.7 Å². The molecule has 9 heteroatoms. The Morgan fingerprint density at radius 3 is 2.81 bits per heavy atom. The van der Waals surface area contributed by atoms with Crippen LogP contribution < -0.4 is 14.2 Å². The molecule has 0 fully saturated rings. The summed E-state index contributed by atoms with van der Waals surface area (Å²) in [5.74, 6) is 2.21. The number of rotatable bonds is 4. The summed E-state index contributed by atoms with van der Waals surface area (Å²) in [6, 6.07) is 13.5. The van der Waals surface area contributed by atoms with Gasteiger partial charge in [0.1, 0.15) is 12.4 Å². The van der Waals surface area contributed by atoms with Crippen molar-refractivity contribution >= 4 is 11.7 Å². The highest BCUT2D eigenvalue weighted by Gasteiger charge is 2.26. The van der Waals surface area contributed by atoms with Crippen molar-refractivity contribution in [2.45, 2.75) is 6.54 Å². The molecule has 162 valence electrons. The zero-order valence-corrected chi connectivity index (χ0v) is 17.7. The average Bonchev–Trinajstić information content (AvgIpc) is 3.15. The third-order valence-corrected chi connectivity index (χ3v) is 5.32. The first kappa shape index (κ1) is 19.8. The zero-order chi connectivity index (χ0) is 22.1. The van der Waals surface area contributed by atoms with Crippen molar-refractivity contribution in [3.8, 4) is 28.4 Å². The molecule has 0 bridgehead atoms. The number of ether oxygens (including phenoxy) is 3. The Balaban J connectivity index is 1.51. The van der Waals surface area contributed by atoms with Crippen LogP contribution in [0.2, 0.25) is 0 Å². The van der Waals surface area contributed by atoms with Gasteiger partial charge >= 0.3 is 0 Å². The van der Waals surface area contributed by atoms with Gasteiger partial charge in [0.05, 0.1) is 27.3 Å². The van der Waals surface area contributed by atoms with Crippen molar-refractivity contribution in [3.05, 3.63) is 66.2 Å². The van der Waals surface area contributed by atoms with Gasteiger partial charge in [-0.1, -0.05) is 12.1 Å². The van der Waals surface area contributed by atoms with E-state index in [1.165, 1.54) is 4.52 Å². The van der Waals surface area contributed by atoms with Crippen LogP contribution in [0.5, 0.6) is 17.2 Å². The van der Waals surface area contributed by atoms with E-state index in [4.69, 9.17) is 14.2 Å². The number of fused-ring (bicyclic) bond motifs is 2. The van der Waals surface area contributed by atoms with Gasteiger partial charge in [-0.15, -0.1) is 5.10 Å². The number of benzene rings is 2. The number of hydrogen-bond acceptors (Lipinski definition) is 7. The number of amides is 1. The number of nitrogens with zero attached hydrogens (tertiary/aromatic N) is 5. The summed E-state index contributed by atoms with van der Waals surface area (Å²) in [4.78, 5) is 23.3. The van der Waals surface area contributed by atoms with Crippen LogP contribution in [0, 0.1) is 0 Å². The first-order chi connectivity index (χ1) is 15.7. The van der Waals surface area contributed by atoms with Gasteiger partial charge in [-0.25, -0.2) is 9.50 Å². The van der Waals surface area contributed by atoms with Gasteiger partial charge in [-0.2, -0.15) is 4.98 Å². The summed E-state index contributed by atoms with van der Waals surface area (Å²) < 4.78 is 18.4. The van der Waals surface area contributed by atoms with E-state index in [0.29, 0.717) is 37.0 Å². The molecule has 0 unspecified atom stereocenters. The Labute approximate surface area is 184 Å². The molecule has 5 rings (SSSR count). The highest BCUT2D eigenvalue weighted by atomic mass is 16.5. The molecule has 0 spiro atoms. The van der Waals surface area contributed by atoms with Crippen LogP contribution in [-0.4, -0.2) is 57.8 Å². The molecule has 32 heavy (non-hydrogen) atoms. The molecular formula is C23H21N5O4. The molecule has 2 aromatic heterocycles. The van der Waals surface area contributed by atoms with Crippen molar-refractivity contribution in [1.82, 2.24) is 24.5 Å². The quantitative estimate of drug-likeness (QED) is 0.491. The second kappa shape index (κ2) is 8.18. The van der Waals surface area contributed by atoms with Crippen molar-refractivity contribution in [1.29, 1.82) is 0 Å². The Bertz CT molecular complexity index is 1270. The molecule has 1 aliphatic heterocycles. The van der Waals surface area contributed by atoms with Gasteiger partial charge in [0.15, 0.2) is 11.5 Å². The maximum absolute atomic E-state index is 13.2. The number of carbonyl (C=O) groups is 1. The maximum Gasteiger partial charge on any atom is 0.294 e. The number of aromatic nitrogens is 4. The Hall–Kier alpha value is -4.14. The minimum absolute atomic E-state index is 0.100. The van der Waals surface area contributed by atoms with Crippen LogP contribution in [0.15, 0.2) is 54.9 Å². The Morgan fingerprint density at radius 2 is 2.00 bits per heavy atom. The van der Waals surface area contributed by atoms with Crippen LogP contribution in [0.25, 0.3) is 16.9 Å². The van der Waals surface area contributed by atoms with E-state index in [9.17, 15) is 4.79 Å². The Kier molecular flexibility index (Phi) is 5.06. The fourth-order valence-electron chi connectivity index (χ4n) is 3.74. The molecule has 3 heterocycles. The smallest absolute Gasteiger partial charge is 0.294 e. The van der Waals surface area contributed by atoms with Crippen molar-refractivity contribution in [2.24, 2.45) is 0 Å². The first-order valence-corrected chi connectivity index (χ1v) is 10.1. The van der Waals surface area contributed by atoms with Gasteiger partial charge in [-0.05, 0) is 41.5 Å². The maximum atomic E-state index is 13.2. The molecule has 0 aliphatic carbocycles. The molecule has 1 amide bonds. The predicted octanol–water partition coefficient (Wildman–Crippen LogP) is 2.84. The lowest BCUT2D eigenvalue weighted by atomic mass is 10.0. The standard InChI is InChI=1S/C23H21N5O4/c1-30-18-6-3-5-15(12-18)16-11-17-14-27(9-10-32-20(17)19(13-16)31-2)22(29)21-25-23-24-7-4-8-28(23)26-21/h3-8,11-13H,9-10,14H2,1-2H3. The van der Waals surface area contributed by atoms with Gasteiger partial charge in [0.25, 0.3) is 11.7 Å². The van der Waals surface area contributed by atoms with Crippen LogP contribution in [0.4, 0.5) is 0 Å². The zero-order valence-electron chi connectivity index (χ0n) is 17.7. The second-order valence-corrected chi connectivity index (χ2v) is 7.27. The summed E-state index contributed by atoms with van der Waals surface area (Å²) >= 11 is 0. The molecule has 1 aliphatic rings. The molecule has 2 aromatic carbocycles. The van der Waals surface area contributed by atoms with Gasteiger partial charge in [0, 0.05) is 18.0 Å². The average molecular weight is 431 g/mol. The fourth-order valence-corrected chi connectivity index (χ4v) is 3.74. The first-order valence-electron chi connectivity index (χ1n) is 10.1. The molecule has 0 saturated carbocycles. The van der Waals surface area contributed by atoms with Gasteiger partial charge < -0.3 is 19.1 Å². The third kappa shape index (κ3) is 3.58. The normalized spacial score (nSPS) is 13.2. The highest BCUT2D eigenvalue weighted by molar-refractivity contribution is 5.91. The van der Waals surface area contributed by atoms with E-state index in [2.05, 4.69) is 15.1 Å². The molecule has 4 aromatic rings. The molecule has 0 atom stereocenters. The van der Waals surface area contributed by atoms with Crippen molar-refractivity contribution < 1.29 is 19.0 Å². The fraction of sp³-hybridized carbons (Fsp3) is 0.217.